The number of thioether (sulfide) groups is 1. The monoisotopic (exact) mass is 183 g/mol. The van der Waals surface area contributed by atoms with E-state index in [-0.39, 0.29) is 0 Å². The van der Waals surface area contributed by atoms with Gasteiger partial charge in [0.15, 0.2) is 0 Å². The SMILES string of the molecule is c1n[nH]cc1CCNC1CSC1. The smallest absolute Gasteiger partial charge is 0.0519 e. The molecular formula is C8H13N3S. The molecule has 4 heteroatoms. The third-order valence-electron chi connectivity index (χ3n) is 2.04. The molecule has 0 bridgehead atoms. The molecule has 0 unspecified atom stereocenters. The van der Waals surface area contributed by atoms with Gasteiger partial charge in [-0.2, -0.15) is 16.9 Å². The normalized spacial score (nSPS) is 17.7. The van der Waals surface area contributed by atoms with E-state index in [0.717, 1.165) is 19.0 Å². The van der Waals surface area contributed by atoms with Gasteiger partial charge in [0.2, 0.25) is 0 Å². The fraction of sp³-hybridized carbons (Fsp3) is 0.625. The quantitative estimate of drug-likeness (QED) is 0.720. The van der Waals surface area contributed by atoms with E-state index >= 15 is 0 Å². The maximum absolute atomic E-state index is 3.90. The third kappa shape index (κ3) is 2.01. The van der Waals surface area contributed by atoms with Gasteiger partial charge >= 0.3 is 0 Å². The second kappa shape index (κ2) is 3.96. The van der Waals surface area contributed by atoms with Crippen molar-refractivity contribution in [3.8, 4) is 0 Å². The molecule has 2 N–H and O–H groups in total. The number of nitrogens with one attached hydrogen (secondary N) is 2. The van der Waals surface area contributed by atoms with Gasteiger partial charge in [0, 0.05) is 23.7 Å². The maximum atomic E-state index is 3.90. The zero-order chi connectivity index (χ0) is 8.23. The lowest BCUT2D eigenvalue weighted by atomic mass is 10.2. The molecule has 1 fully saturated rings. The van der Waals surface area contributed by atoms with Crippen molar-refractivity contribution in [3.05, 3.63) is 18.0 Å². The van der Waals surface area contributed by atoms with E-state index < -0.39 is 0 Å². The average molecular weight is 183 g/mol. The minimum absolute atomic E-state index is 0.766. The van der Waals surface area contributed by atoms with Crippen molar-refractivity contribution in [2.24, 2.45) is 0 Å². The minimum Gasteiger partial charge on any atom is -0.312 e. The summed E-state index contributed by atoms with van der Waals surface area (Å²) in [6, 6.07) is 0.766. The van der Waals surface area contributed by atoms with E-state index in [1.807, 2.05) is 24.2 Å². The summed E-state index contributed by atoms with van der Waals surface area (Å²) in [5.74, 6) is 2.57. The zero-order valence-electron chi connectivity index (χ0n) is 6.92. The average Bonchev–Trinajstić information content (AvgIpc) is 2.46. The molecule has 0 radical (unpaired) electrons. The summed E-state index contributed by atoms with van der Waals surface area (Å²) < 4.78 is 0. The van der Waals surface area contributed by atoms with E-state index in [1.54, 1.807) is 0 Å². The molecule has 0 amide bonds. The third-order valence-corrected chi connectivity index (χ3v) is 3.32. The predicted octanol–water partition coefficient (Wildman–Crippen LogP) is 0.657. The van der Waals surface area contributed by atoms with Gasteiger partial charge < -0.3 is 5.32 Å². The summed E-state index contributed by atoms with van der Waals surface area (Å²) in [6.45, 7) is 1.07. The molecule has 3 nitrogen and oxygen atoms in total. The molecule has 0 saturated carbocycles. The van der Waals surface area contributed by atoms with Crippen LogP contribution in [0.4, 0.5) is 0 Å². The Morgan fingerprint density at radius 3 is 3.17 bits per heavy atom. The van der Waals surface area contributed by atoms with Crippen molar-refractivity contribution in [1.29, 1.82) is 0 Å². The molecule has 0 aromatic carbocycles. The van der Waals surface area contributed by atoms with E-state index in [4.69, 9.17) is 0 Å². The summed E-state index contributed by atoms with van der Waals surface area (Å²) in [7, 11) is 0. The van der Waals surface area contributed by atoms with Gasteiger partial charge in [-0.1, -0.05) is 0 Å². The molecule has 66 valence electrons. The van der Waals surface area contributed by atoms with Gasteiger partial charge in [0.25, 0.3) is 0 Å². The lowest BCUT2D eigenvalue weighted by Crippen LogP contribution is -2.41. The van der Waals surface area contributed by atoms with E-state index in [1.165, 1.54) is 17.1 Å². The molecule has 1 aliphatic heterocycles. The van der Waals surface area contributed by atoms with Crippen molar-refractivity contribution in [3.63, 3.8) is 0 Å². The van der Waals surface area contributed by atoms with Crippen LogP contribution >= 0.6 is 11.8 Å². The lowest BCUT2D eigenvalue weighted by Gasteiger charge is -2.25. The Morgan fingerprint density at radius 1 is 1.67 bits per heavy atom. The first-order chi connectivity index (χ1) is 5.95. The van der Waals surface area contributed by atoms with Gasteiger partial charge in [0.1, 0.15) is 0 Å². The minimum atomic E-state index is 0.766. The Morgan fingerprint density at radius 2 is 2.58 bits per heavy atom. The van der Waals surface area contributed by atoms with Crippen LogP contribution in [0, 0.1) is 0 Å². The van der Waals surface area contributed by atoms with Gasteiger partial charge in [-0.3, -0.25) is 5.10 Å². The molecular weight excluding hydrogens is 170 g/mol. The summed E-state index contributed by atoms with van der Waals surface area (Å²) in [5, 5.41) is 10.2. The van der Waals surface area contributed by atoms with Crippen LogP contribution < -0.4 is 5.32 Å². The summed E-state index contributed by atoms with van der Waals surface area (Å²) in [5.41, 5.74) is 1.29. The van der Waals surface area contributed by atoms with Crippen molar-refractivity contribution in [2.45, 2.75) is 12.5 Å². The van der Waals surface area contributed by atoms with Crippen LogP contribution in [0.15, 0.2) is 12.4 Å². The van der Waals surface area contributed by atoms with Crippen LogP contribution in [-0.4, -0.2) is 34.3 Å². The highest BCUT2D eigenvalue weighted by Crippen LogP contribution is 2.16. The highest BCUT2D eigenvalue weighted by Gasteiger charge is 2.16. The highest BCUT2D eigenvalue weighted by molar-refractivity contribution is 8.00. The first kappa shape index (κ1) is 8.13. The molecule has 12 heavy (non-hydrogen) atoms. The molecule has 0 atom stereocenters. The maximum Gasteiger partial charge on any atom is 0.0519 e. The molecule has 0 aliphatic carbocycles. The molecule has 1 aromatic heterocycles. The van der Waals surface area contributed by atoms with Crippen molar-refractivity contribution in [2.75, 3.05) is 18.1 Å². The summed E-state index contributed by atoms with van der Waals surface area (Å²) in [6.07, 6.45) is 4.92. The van der Waals surface area contributed by atoms with E-state index in [0.29, 0.717) is 0 Å². The first-order valence-corrected chi connectivity index (χ1v) is 5.39. The van der Waals surface area contributed by atoms with Crippen molar-refractivity contribution in [1.82, 2.24) is 15.5 Å². The largest absolute Gasteiger partial charge is 0.312 e. The number of hydrogen-bond donors (Lipinski definition) is 2. The number of aromatic nitrogens is 2. The topological polar surface area (TPSA) is 40.7 Å². The Kier molecular flexibility index (Phi) is 2.68. The number of rotatable bonds is 4. The number of aromatic amines is 1. The van der Waals surface area contributed by atoms with Crippen molar-refractivity contribution >= 4 is 11.8 Å². The van der Waals surface area contributed by atoms with Crippen LogP contribution in [0.25, 0.3) is 0 Å². The summed E-state index contributed by atoms with van der Waals surface area (Å²) >= 11 is 2.01. The van der Waals surface area contributed by atoms with E-state index in [2.05, 4.69) is 15.5 Å². The Bertz CT molecular complexity index is 218. The van der Waals surface area contributed by atoms with Crippen LogP contribution in [0.1, 0.15) is 5.56 Å². The lowest BCUT2D eigenvalue weighted by molar-refractivity contribution is 0.585. The number of H-pyrrole nitrogens is 1. The predicted molar refractivity (Wildman–Crippen MR) is 51.4 cm³/mol. The summed E-state index contributed by atoms with van der Waals surface area (Å²) in [4.78, 5) is 0. The Balaban J connectivity index is 1.62. The van der Waals surface area contributed by atoms with Crippen LogP contribution in [0.3, 0.4) is 0 Å². The first-order valence-electron chi connectivity index (χ1n) is 4.24. The van der Waals surface area contributed by atoms with Gasteiger partial charge in [-0.05, 0) is 18.5 Å². The van der Waals surface area contributed by atoms with E-state index in [9.17, 15) is 0 Å². The second-order valence-corrected chi connectivity index (χ2v) is 4.12. The molecule has 1 aromatic rings. The number of nitrogens with zero attached hydrogens (tertiary/aromatic N) is 1. The fourth-order valence-corrected chi connectivity index (χ4v) is 1.90. The number of hydrogen-bond acceptors (Lipinski definition) is 3. The highest BCUT2D eigenvalue weighted by atomic mass is 32.2. The second-order valence-electron chi connectivity index (χ2n) is 3.05. The van der Waals surface area contributed by atoms with Crippen molar-refractivity contribution < 1.29 is 0 Å². The fourth-order valence-electron chi connectivity index (χ4n) is 1.19. The van der Waals surface area contributed by atoms with Gasteiger partial charge in [0.05, 0.1) is 6.20 Å². The van der Waals surface area contributed by atoms with Gasteiger partial charge in [-0.15, -0.1) is 0 Å². The molecule has 1 saturated heterocycles. The Hall–Kier alpha value is -0.480. The van der Waals surface area contributed by atoms with Crippen LogP contribution in [0.5, 0.6) is 0 Å². The van der Waals surface area contributed by atoms with Crippen LogP contribution in [0.2, 0.25) is 0 Å². The Labute approximate surface area is 76.3 Å². The zero-order valence-corrected chi connectivity index (χ0v) is 7.73. The molecule has 2 rings (SSSR count). The van der Waals surface area contributed by atoms with Gasteiger partial charge in [-0.25, -0.2) is 0 Å². The molecule has 1 aliphatic rings. The standard InChI is InChI=1S/C8H13N3S/c1(7-3-10-11-4-7)2-9-8-5-12-6-8/h3-4,8-9H,1-2,5-6H2,(H,10,11). The molecule has 0 spiro atoms. The molecule has 2 heterocycles. The van der Waals surface area contributed by atoms with Crippen LogP contribution in [-0.2, 0) is 6.42 Å².